The smallest absolute Gasteiger partial charge is 0.271 e. The van der Waals surface area contributed by atoms with Crippen LogP contribution in [-0.4, -0.2) is 25.3 Å². The van der Waals surface area contributed by atoms with Gasteiger partial charge in [0.1, 0.15) is 0 Å². The molecule has 0 atom stereocenters. The van der Waals surface area contributed by atoms with Crippen molar-refractivity contribution in [1.82, 2.24) is 5.43 Å². The van der Waals surface area contributed by atoms with Gasteiger partial charge in [-0.25, -0.2) is 5.43 Å². The number of nitrogens with zero attached hydrogens (tertiary/aromatic N) is 1. The number of benzene rings is 3. The van der Waals surface area contributed by atoms with Gasteiger partial charge in [-0.1, -0.05) is 30.3 Å². The predicted molar refractivity (Wildman–Crippen MR) is 126 cm³/mol. The number of carbonyl (C=O) groups is 1. The quantitative estimate of drug-likeness (QED) is 0.259. The molecular formula is C25H26N2O3S. The van der Waals surface area contributed by atoms with Gasteiger partial charge in [0.25, 0.3) is 5.91 Å². The topological polar surface area (TPSA) is 59.9 Å². The molecule has 0 spiro atoms. The van der Waals surface area contributed by atoms with Crippen molar-refractivity contribution in [2.45, 2.75) is 24.5 Å². The average Bonchev–Trinajstić information content (AvgIpc) is 2.80. The summed E-state index contributed by atoms with van der Waals surface area (Å²) in [7, 11) is 0. The summed E-state index contributed by atoms with van der Waals surface area (Å²) >= 11 is 1.76. The highest BCUT2D eigenvalue weighted by Crippen LogP contribution is 2.28. The molecule has 5 nitrogen and oxygen atoms in total. The van der Waals surface area contributed by atoms with Crippen LogP contribution < -0.4 is 14.9 Å². The van der Waals surface area contributed by atoms with Crippen LogP contribution in [0.2, 0.25) is 0 Å². The fourth-order valence-corrected chi connectivity index (χ4v) is 3.69. The van der Waals surface area contributed by atoms with E-state index in [4.69, 9.17) is 9.47 Å². The number of rotatable bonds is 10. The molecule has 0 radical (unpaired) electrons. The van der Waals surface area contributed by atoms with Crippen LogP contribution in [0.15, 0.2) is 82.8 Å². The Balaban J connectivity index is 1.55. The maximum atomic E-state index is 12.4. The Morgan fingerprint density at radius 3 is 2.35 bits per heavy atom. The fourth-order valence-electron chi connectivity index (χ4n) is 2.81. The van der Waals surface area contributed by atoms with Crippen LogP contribution >= 0.6 is 11.8 Å². The van der Waals surface area contributed by atoms with Crippen LogP contribution in [0.5, 0.6) is 11.5 Å². The van der Waals surface area contributed by atoms with E-state index in [1.807, 2.05) is 74.5 Å². The summed E-state index contributed by atoms with van der Waals surface area (Å²) in [6, 6.07) is 23.3. The molecule has 0 aliphatic carbocycles. The van der Waals surface area contributed by atoms with Gasteiger partial charge in [-0.05, 0) is 67.4 Å². The highest BCUT2D eigenvalue weighted by atomic mass is 32.2. The van der Waals surface area contributed by atoms with E-state index in [1.54, 1.807) is 18.0 Å². The van der Waals surface area contributed by atoms with Crippen LogP contribution in [0, 0.1) is 0 Å². The first-order valence-corrected chi connectivity index (χ1v) is 11.2. The first kappa shape index (κ1) is 22.4. The number of nitrogens with one attached hydrogen (secondary N) is 1. The second-order valence-electron chi connectivity index (χ2n) is 6.57. The van der Waals surface area contributed by atoms with Gasteiger partial charge in [0.2, 0.25) is 0 Å². The van der Waals surface area contributed by atoms with Crippen LogP contribution in [0.4, 0.5) is 0 Å². The SMILES string of the molecule is CCOc1ccc(/C=N\NC(=O)c2ccc(CSc3ccccc3)cc2)cc1OCC. The molecular weight excluding hydrogens is 408 g/mol. The molecule has 6 heteroatoms. The monoisotopic (exact) mass is 434 g/mol. The van der Waals surface area contributed by atoms with Crippen molar-refractivity contribution in [2.75, 3.05) is 13.2 Å². The van der Waals surface area contributed by atoms with Crippen molar-refractivity contribution < 1.29 is 14.3 Å². The van der Waals surface area contributed by atoms with Gasteiger partial charge in [0, 0.05) is 16.2 Å². The number of amides is 1. The summed E-state index contributed by atoms with van der Waals surface area (Å²) < 4.78 is 11.2. The Hall–Kier alpha value is -3.25. The second-order valence-corrected chi connectivity index (χ2v) is 7.62. The first-order valence-electron chi connectivity index (χ1n) is 10.2. The maximum absolute atomic E-state index is 12.4. The van der Waals surface area contributed by atoms with Gasteiger partial charge < -0.3 is 9.47 Å². The lowest BCUT2D eigenvalue weighted by Gasteiger charge is -2.11. The van der Waals surface area contributed by atoms with Crippen molar-refractivity contribution in [3.8, 4) is 11.5 Å². The molecule has 160 valence electrons. The Kier molecular flexibility index (Phi) is 8.55. The summed E-state index contributed by atoms with van der Waals surface area (Å²) in [6.45, 7) is 4.95. The van der Waals surface area contributed by atoms with E-state index in [-0.39, 0.29) is 5.91 Å². The van der Waals surface area contributed by atoms with Crippen LogP contribution in [-0.2, 0) is 5.75 Å². The number of hydrazone groups is 1. The molecule has 3 aromatic rings. The number of ether oxygens (including phenoxy) is 2. The van der Waals surface area contributed by atoms with Gasteiger partial charge in [-0.2, -0.15) is 5.10 Å². The van der Waals surface area contributed by atoms with E-state index in [1.165, 1.54) is 4.90 Å². The van der Waals surface area contributed by atoms with Crippen LogP contribution in [0.3, 0.4) is 0 Å². The maximum Gasteiger partial charge on any atom is 0.271 e. The number of carbonyl (C=O) groups excluding carboxylic acids is 1. The summed E-state index contributed by atoms with van der Waals surface area (Å²) in [5, 5.41) is 4.07. The van der Waals surface area contributed by atoms with Crippen molar-refractivity contribution >= 4 is 23.9 Å². The van der Waals surface area contributed by atoms with Crippen molar-refractivity contribution in [2.24, 2.45) is 5.10 Å². The minimum Gasteiger partial charge on any atom is -0.490 e. The van der Waals surface area contributed by atoms with E-state index in [2.05, 4.69) is 22.7 Å². The molecule has 0 aliphatic rings. The molecule has 1 N–H and O–H groups in total. The van der Waals surface area contributed by atoms with Gasteiger partial charge in [0.15, 0.2) is 11.5 Å². The molecule has 3 rings (SSSR count). The normalized spacial score (nSPS) is 10.8. The van der Waals surface area contributed by atoms with E-state index in [9.17, 15) is 4.79 Å². The van der Waals surface area contributed by atoms with Crippen LogP contribution in [0.1, 0.15) is 35.3 Å². The molecule has 0 heterocycles. The Labute approximate surface area is 187 Å². The molecule has 31 heavy (non-hydrogen) atoms. The van der Waals surface area contributed by atoms with Gasteiger partial charge in [0.05, 0.1) is 19.4 Å². The van der Waals surface area contributed by atoms with E-state index < -0.39 is 0 Å². The average molecular weight is 435 g/mol. The van der Waals surface area contributed by atoms with E-state index in [0.29, 0.717) is 30.3 Å². The number of hydrogen-bond acceptors (Lipinski definition) is 5. The molecule has 3 aromatic carbocycles. The second kappa shape index (κ2) is 11.8. The number of hydrogen-bond donors (Lipinski definition) is 1. The minimum atomic E-state index is -0.255. The highest BCUT2D eigenvalue weighted by molar-refractivity contribution is 7.98. The molecule has 0 saturated heterocycles. The Bertz CT molecular complexity index is 1010. The zero-order valence-corrected chi connectivity index (χ0v) is 18.5. The van der Waals surface area contributed by atoms with Crippen molar-refractivity contribution in [3.63, 3.8) is 0 Å². The van der Waals surface area contributed by atoms with Gasteiger partial charge in [-0.3, -0.25) is 4.79 Å². The molecule has 0 aromatic heterocycles. The summed E-state index contributed by atoms with van der Waals surface area (Å²) in [5.41, 5.74) is 5.10. The zero-order chi connectivity index (χ0) is 21.9. The molecule has 0 saturated carbocycles. The first-order chi connectivity index (χ1) is 15.2. The molecule has 1 amide bonds. The lowest BCUT2D eigenvalue weighted by atomic mass is 10.1. The predicted octanol–water partition coefficient (Wildman–Crippen LogP) is 5.54. The van der Waals surface area contributed by atoms with E-state index in [0.717, 1.165) is 16.9 Å². The molecule has 0 bridgehead atoms. The Morgan fingerprint density at radius 1 is 0.935 bits per heavy atom. The minimum absolute atomic E-state index is 0.255. The lowest BCUT2D eigenvalue weighted by Crippen LogP contribution is -2.17. The summed E-state index contributed by atoms with van der Waals surface area (Å²) in [4.78, 5) is 13.6. The van der Waals surface area contributed by atoms with Gasteiger partial charge >= 0.3 is 0 Å². The standard InChI is InChI=1S/C25H26N2O3S/c1-3-29-23-15-12-20(16-24(23)30-4-2)17-26-27-25(28)21-13-10-19(11-14-21)18-31-22-8-6-5-7-9-22/h5-17H,3-4,18H2,1-2H3,(H,27,28)/b26-17-. The van der Waals surface area contributed by atoms with Crippen LogP contribution in [0.25, 0.3) is 0 Å². The number of thioether (sulfide) groups is 1. The zero-order valence-electron chi connectivity index (χ0n) is 17.7. The largest absolute Gasteiger partial charge is 0.490 e. The third-order valence-corrected chi connectivity index (χ3v) is 5.40. The lowest BCUT2D eigenvalue weighted by molar-refractivity contribution is 0.0955. The van der Waals surface area contributed by atoms with Crippen molar-refractivity contribution in [1.29, 1.82) is 0 Å². The molecule has 0 aliphatic heterocycles. The molecule has 0 fully saturated rings. The summed E-state index contributed by atoms with van der Waals surface area (Å²) in [6.07, 6.45) is 1.58. The summed E-state index contributed by atoms with van der Waals surface area (Å²) in [5.74, 6) is 1.94. The van der Waals surface area contributed by atoms with E-state index >= 15 is 0 Å². The third kappa shape index (κ3) is 6.89. The highest BCUT2D eigenvalue weighted by Gasteiger charge is 2.06. The third-order valence-electron chi connectivity index (χ3n) is 4.31. The molecule has 0 unspecified atom stereocenters. The van der Waals surface area contributed by atoms with Crippen molar-refractivity contribution in [3.05, 3.63) is 89.5 Å². The fraction of sp³-hybridized carbons (Fsp3) is 0.200. The Morgan fingerprint density at radius 2 is 1.65 bits per heavy atom. The van der Waals surface area contributed by atoms with Gasteiger partial charge in [-0.15, -0.1) is 11.8 Å².